The molecule has 4 nitrogen and oxygen atoms in total. The van der Waals surface area contributed by atoms with E-state index < -0.39 is 0 Å². The van der Waals surface area contributed by atoms with E-state index in [4.69, 9.17) is 10.1 Å². The number of aliphatic hydroxyl groups is 1. The first-order valence-electron chi connectivity index (χ1n) is 9.20. The minimum atomic E-state index is -0.147. The van der Waals surface area contributed by atoms with E-state index in [-0.39, 0.29) is 24.0 Å². The number of para-hydroxylation sites is 1. The van der Waals surface area contributed by atoms with Crippen molar-refractivity contribution in [3.05, 3.63) is 77.0 Å². The fourth-order valence-electron chi connectivity index (χ4n) is 3.02. The molecule has 1 heterocycles. The molecule has 27 heavy (non-hydrogen) atoms. The average molecular weight is 362 g/mol. The van der Waals surface area contributed by atoms with E-state index in [9.17, 15) is 4.79 Å². The van der Waals surface area contributed by atoms with Gasteiger partial charge in [-0.2, -0.15) is 0 Å². The van der Waals surface area contributed by atoms with E-state index in [1.165, 1.54) is 0 Å². The summed E-state index contributed by atoms with van der Waals surface area (Å²) < 4.78 is 0. The fourth-order valence-corrected chi connectivity index (χ4v) is 3.02. The minimum Gasteiger partial charge on any atom is -0.392 e. The Morgan fingerprint density at radius 2 is 1.78 bits per heavy atom. The molecule has 0 saturated carbocycles. The lowest BCUT2D eigenvalue weighted by Crippen LogP contribution is -2.27. The molecule has 1 atom stereocenters. The van der Waals surface area contributed by atoms with E-state index in [1.54, 1.807) is 0 Å². The van der Waals surface area contributed by atoms with E-state index in [0.29, 0.717) is 5.56 Å². The number of carbonyl (C=O) groups excluding carboxylic acids is 1. The highest BCUT2D eigenvalue weighted by atomic mass is 16.3. The molecule has 3 aromatic rings. The SMILES string of the molecule is C[C@@H](NC(=O)c1cccc2ccc(C(C)(C)C)nc12)c1ccc(CO)cc1. The number of carbonyl (C=O) groups is 1. The molecule has 0 radical (unpaired) electrons. The van der Waals surface area contributed by atoms with E-state index in [0.717, 1.165) is 27.7 Å². The van der Waals surface area contributed by atoms with Gasteiger partial charge in [0.25, 0.3) is 5.91 Å². The molecule has 4 heteroatoms. The highest BCUT2D eigenvalue weighted by molar-refractivity contribution is 6.05. The van der Waals surface area contributed by atoms with Crippen molar-refractivity contribution >= 4 is 16.8 Å². The minimum absolute atomic E-state index is 0.0127. The molecular formula is C23H26N2O2. The van der Waals surface area contributed by atoms with Crippen LogP contribution in [0.25, 0.3) is 10.9 Å². The summed E-state index contributed by atoms with van der Waals surface area (Å²) in [4.78, 5) is 17.7. The van der Waals surface area contributed by atoms with Crippen LogP contribution in [0.3, 0.4) is 0 Å². The predicted molar refractivity (Wildman–Crippen MR) is 109 cm³/mol. The summed E-state index contributed by atoms with van der Waals surface area (Å²) in [6, 6.07) is 17.2. The van der Waals surface area contributed by atoms with Crippen molar-refractivity contribution in [2.24, 2.45) is 0 Å². The second-order valence-corrected chi connectivity index (χ2v) is 7.92. The monoisotopic (exact) mass is 362 g/mol. The summed E-state index contributed by atoms with van der Waals surface area (Å²) in [5.41, 5.74) is 4.03. The van der Waals surface area contributed by atoms with Gasteiger partial charge in [-0.1, -0.05) is 63.2 Å². The van der Waals surface area contributed by atoms with Crippen LogP contribution in [-0.4, -0.2) is 16.0 Å². The third-order valence-corrected chi connectivity index (χ3v) is 4.74. The number of fused-ring (bicyclic) bond motifs is 1. The first kappa shape index (κ1) is 19.1. The molecule has 0 fully saturated rings. The van der Waals surface area contributed by atoms with Gasteiger partial charge < -0.3 is 10.4 Å². The van der Waals surface area contributed by atoms with E-state index >= 15 is 0 Å². The van der Waals surface area contributed by atoms with Crippen LogP contribution in [0.5, 0.6) is 0 Å². The zero-order valence-electron chi connectivity index (χ0n) is 16.3. The molecule has 2 aromatic carbocycles. The van der Waals surface area contributed by atoms with Crippen LogP contribution in [-0.2, 0) is 12.0 Å². The Bertz CT molecular complexity index is 956. The van der Waals surface area contributed by atoms with Gasteiger partial charge in [0.2, 0.25) is 0 Å². The number of aliphatic hydroxyl groups excluding tert-OH is 1. The summed E-state index contributed by atoms with van der Waals surface area (Å²) in [5, 5.41) is 13.2. The molecule has 0 aliphatic carbocycles. The lowest BCUT2D eigenvalue weighted by Gasteiger charge is -2.19. The highest BCUT2D eigenvalue weighted by Gasteiger charge is 2.19. The Kier molecular flexibility index (Phi) is 5.29. The lowest BCUT2D eigenvalue weighted by atomic mass is 9.91. The van der Waals surface area contributed by atoms with E-state index in [1.807, 2.05) is 61.5 Å². The maximum Gasteiger partial charge on any atom is 0.253 e. The average Bonchev–Trinajstić information content (AvgIpc) is 2.66. The number of benzene rings is 2. The van der Waals surface area contributed by atoms with Gasteiger partial charge in [0, 0.05) is 16.5 Å². The predicted octanol–water partition coefficient (Wildman–Crippen LogP) is 4.52. The molecule has 0 bridgehead atoms. The van der Waals surface area contributed by atoms with Gasteiger partial charge in [-0.25, -0.2) is 0 Å². The van der Waals surface area contributed by atoms with Crippen molar-refractivity contribution in [1.29, 1.82) is 0 Å². The highest BCUT2D eigenvalue weighted by Crippen LogP contribution is 2.25. The number of hydrogen-bond acceptors (Lipinski definition) is 3. The standard InChI is InChI=1S/C23H26N2O2/c1-15(17-10-8-16(14-26)9-11-17)24-22(27)19-7-5-6-18-12-13-20(23(2,3)4)25-21(18)19/h5-13,15,26H,14H2,1-4H3,(H,24,27)/t15-/m1/s1. The fraction of sp³-hybridized carbons (Fsp3) is 0.304. The van der Waals surface area contributed by atoms with Crippen molar-refractivity contribution < 1.29 is 9.90 Å². The number of nitrogens with zero attached hydrogens (tertiary/aromatic N) is 1. The molecule has 0 aliphatic rings. The van der Waals surface area contributed by atoms with Gasteiger partial charge in [0.15, 0.2) is 0 Å². The Labute approximate surface area is 160 Å². The summed E-state index contributed by atoms with van der Waals surface area (Å²) in [5.74, 6) is -0.141. The van der Waals surface area contributed by atoms with Crippen molar-refractivity contribution in [1.82, 2.24) is 10.3 Å². The molecule has 140 valence electrons. The van der Waals surface area contributed by atoms with Crippen molar-refractivity contribution in [2.45, 2.75) is 45.8 Å². The van der Waals surface area contributed by atoms with Crippen LogP contribution < -0.4 is 5.32 Å². The maximum atomic E-state index is 12.9. The largest absolute Gasteiger partial charge is 0.392 e. The van der Waals surface area contributed by atoms with Crippen molar-refractivity contribution in [2.75, 3.05) is 0 Å². The van der Waals surface area contributed by atoms with Crippen LogP contribution in [0.4, 0.5) is 0 Å². The smallest absolute Gasteiger partial charge is 0.253 e. The molecule has 0 unspecified atom stereocenters. The number of aromatic nitrogens is 1. The van der Waals surface area contributed by atoms with Gasteiger partial charge in [-0.15, -0.1) is 0 Å². The lowest BCUT2D eigenvalue weighted by molar-refractivity contribution is 0.0941. The van der Waals surface area contributed by atoms with Crippen LogP contribution in [0.2, 0.25) is 0 Å². The van der Waals surface area contributed by atoms with Gasteiger partial charge >= 0.3 is 0 Å². The molecular weight excluding hydrogens is 336 g/mol. The number of hydrogen-bond donors (Lipinski definition) is 2. The van der Waals surface area contributed by atoms with Gasteiger partial charge in [-0.05, 0) is 30.2 Å². The van der Waals surface area contributed by atoms with E-state index in [2.05, 4.69) is 26.1 Å². The van der Waals surface area contributed by atoms with Crippen molar-refractivity contribution in [3.8, 4) is 0 Å². The second kappa shape index (κ2) is 7.49. The Hall–Kier alpha value is -2.72. The Morgan fingerprint density at radius 3 is 2.41 bits per heavy atom. The number of amides is 1. The molecule has 1 aromatic heterocycles. The summed E-state index contributed by atoms with van der Waals surface area (Å²) in [7, 11) is 0. The van der Waals surface area contributed by atoms with Crippen molar-refractivity contribution in [3.63, 3.8) is 0 Å². The third-order valence-electron chi connectivity index (χ3n) is 4.74. The van der Waals surface area contributed by atoms with Gasteiger partial charge in [-0.3, -0.25) is 9.78 Å². The Morgan fingerprint density at radius 1 is 1.07 bits per heavy atom. The van der Waals surface area contributed by atoms with Crippen LogP contribution >= 0.6 is 0 Å². The molecule has 0 spiro atoms. The zero-order valence-corrected chi connectivity index (χ0v) is 16.3. The first-order valence-corrected chi connectivity index (χ1v) is 9.20. The third kappa shape index (κ3) is 4.17. The maximum absolute atomic E-state index is 12.9. The van der Waals surface area contributed by atoms with Crippen LogP contribution in [0.1, 0.15) is 60.9 Å². The molecule has 0 saturated heterocycles. The molecule has 1 amide bonds. The van der Waals surface area contributed by atoms with Crippen LogP contribution in [0, 0.1) is 0 Å². The normalized spacial score (nSPS) is 12.8. The summed E-state index contributed by atoms with van der Waals surface area (Å²) in [6.45, 7) is 8.30. The van der Waals surface area contributed by atoms with Gasteiger partial charge in [0.05, 0.1) is 23.7 Å². The van der Waals surface area contributed by atoms with Crippen LogP contribution in [0.15, 0.2) is 54.6 Å². The number of nitrogens with one attached hydrogen (secondary N) is 1. The molecule has 0 aliphatic heterocycles. The molecule has 3 rings (SSSR count). The second-order valence-electron chi connectivity index (χ2n) is 7.92. The van der Waals surface area contributed by atoms with Gasteiger partial charge in [0.1, 0.15) is 0 Å². The summed E-state index contributed by atoms with van der Waals surface area (Å²) in [6.07, 6.45) is 0. The number of rotatable bonds is 4. The number of pyridine rings is 1. The molecule has 2 N–H and O–H groups in total. The Balaban J connectivity index is 1.90. The topological polar surface area (TPSA) is 62.2 Å². The first-order chi connectivity index (χ1) is 12.8. The quantitative estimate of drug-likeness (QED) is 0.717. The summed E-state index contributed by atoms with van der Waals surface area (Å²) >= 11 is 0. The zero-order chi connectivity index (χ0) is 19.6.